The monoisotopic (exact) mass is 436 g/mol. The molecule has 2 rings (SSSR count). The molecule has 0 saturated carbocycles. The van der Waals surface area contributed by atoms with E-state index in [2.05, 4.69) is 47.8 Å². The summed E-state index contributed by atoms with van der Waals surface area (Å²) >= 11 is 0. The van der Waals surface area contributed by atoms with Crippen LogP contribution in [-0.4, -0.2) is 61.6 Å². The molecule has 2 aliphatic rings. The zero-order chi connectivity index (χ0) is 16.1. The lowest BCUT2D eigenvalue weighted by molar-refractivity contribution is 0.139. The predicted octanol–water partition coefficient (Wildman–Crippen LogP) is 3.28. The van der Waals surface area contributed by atoms with E-state index >= 15 is 0 Å². The van der Waals surface area contributed by atoms with Gasteiger partial charge in [-0.1, -0.05) is 13.8 Å². The Morgan fingerprint density at radius 3 is 2.39 bits per heavy atom. The van der Waals surface area contributed by atoms with Gasteiger partial charge in [-0.05, 0) is 57.4 Å². The van der Waals surface area contributed by atoms with E-state index in [1.54, 1.807) is 0 Å². The molecule has 0 aromatic heterocycles. The number of piperidine rings is 2. The molecule has 23 heavy (non-hydrogen) atoms. The van der Waals surface area contributed by atoms with Crippen LogP contribution in [0.5, 0.6) is 0 Å². The van der Waals surface area contributed by atoms with Gasteiger partial charge in [0.25, 0.3) is 0 Å². The number of guanidine groups is 1. The smallest absolute Gasteiger partial charge is 0.193 e. The molecule has 3 unspecified atom stereocenters. The molecule has 0 aromatic rings. The Morgan fingerprint density at radius 1 is 1.17 bits per heavy atom. The molecular weight excluding hydrogens is 399 g/mol. The minimum absolute atomic E-state index is 0. The largest absolute Gasteiger partial charge is 0.356 e. The summed E-state index contributed by atoms with van der Waals surface area (Å²) in [5, 5.41) is 3.66. The van der Waals surface area contributed by atoms with Gasteiger partial charge in [-0.2, -0.15) is 0 Å². The summed E-state index contributed by atoms with van der Waals surface area (Å²) in [6.45, 7) is 15.2. The Labute approximate surface area is 160 Å². The van der Waals surface area contributed by atoms with Crippen molar-refractivity contribution in [3.05, 3.63) is 0 Å². The number of nitrogens with zero attached hydrogens (tertiary/aromatic N) is 3. The Kier molecular flexibility index (Phi) is 9.19. The maximum Gasteiger partial charge on any atom is 0.193 e. The average molecular weight is 436 g/mol. The summed E-state index contributed by atoms with van der Waals surface area (Å²) in [4.78, 5) is 9.61. The quantitative estimate of drug-likeness (QED) is 0.419. The van der Waals surface area contributed by atoms with E-state index in [0.29, 0.717) is 6.04 Å². The summed E-state index contributed by atoms with van der Waals surface area (Å²) in [6, 6.07) is 0.672. The molecule has 0 aliphatic carbocycles. The van der Waals surface area contributed by atoms with Crippen LogP contribution < -0.4 is 5.32 Å². The second kappa shape index (κ2) is 10.1. The van der Waals surface area contributed by atoms with Crippen molar-refractivity contribution >= 4 is 29.9 Å². The predicted molar refractivity (Wildman–Crippen MR) is 111 cm³/mol. The standard InChI is InChI=1S/C18H36N4.HI/c1-14(2)21-8-6-7-17(13-21)10-20-18(19-5)22-11-15(3)9-16(4)12-22;/h14-17H,6-13H2,1-5H3,(H,19,20);1H. The first-order chi connectivity index (χ1) is 10.5. The van der Waals surface area contributed by atoms with E-state index in [0.717, 1.165) is 43.3 Å². The highest BCUT2D eigenvalue weighted by molar-refractivity contribution is 14.0. The van der Waals surface area contributed by atoms with Gasteiger partial charge in [0, 0.05) is 39.3 Å². The van der Waals surface area contributed by atoms with Crippen LogP contribution in [0.25, 0.3) is 0 Å². The SMILES string of the molecule is CN=C(NCC1CCCN(C(C)C)C1)N1CC(C)CC(C)C1.I. The first-order valence-electron chi connectivity index (χ1n) is 9.19. The summed E-state index contributed by atoms with van der Waals surface area (Å²) < 4.78 is 0. The van der Waals surface area contributed by atoms with Crippen molar-refractivity contribution in [3.63, 3.8) is 0 Å². The molecule has 3 atom stereocenters. The van der Waals surface area contributed by atoms with Crippen LogP contribution in [0.3, 0.4) is 0 Å². The topological polar surface area (TPSA) is 30.9 Å². The highest BCUT2D eigenvalue weighted by Gasteiger charge is 2.25. The summed E-state index contributed by atoms with van der Waals surface area (Å²) in [6.07, 6.45) is 4.03. The van der Waals surface area contributed by atoms with Crippen LogP contribution in [0.4, 0.5) is 0 Å². The highest BCUT2D eigenvalue weighted by atomic mass is 127. The number of rotatable bonds is 3. The number of likely N-dealkylation sites (tertiary alicyclic amines) is 2. The van der Waals surface area contributed by atoms with Crippen LogP contribution in [0.1, 0.15) is 47.0 Å². The first kappa shape index (κ1) is 21.0. The minimum Gasteiger partial charge on any atom is -0.356 e. The average Bonchev–Trinajstić information content (AvgIpc) is 2.47. The van der Waals surface area contributed by atoms with E-state index in [4.69, 9.17) is 0 Å². The molecule has 0 aromatic carbocycles. The number of hydrogen-bond donors (Lipinski definition) is 1. The van der Waals surface area contributed by atoms with Gasteiger partial charge in [-0.3, -0.25) is 4.99 Å². The third kappa shape index (κ3) is 6.40. The van der Waals surface area contributed by atoms with Crippen LogP contribution in [0.15, 0.2) is 4.99 Å². The Morgan fingerprint density at radius 2 is 1.83 bits per heavy atom. The molecule has 2 fully saturated rings. The number of hydrogen-bond acceptors (Lipinski definition) is 2. The Bertz CT molecular complexity index is 362. The molecule has 1 N–H and O–H groups in total. The van der Waals surface area contributed by atoms with Gasteiger partial charge in [0.15, 0.2) is 5.96 Å². The van der Waals surface area contributed by atoms with Gasteiger partial charge >= 0.3 is 0 Å². The van der Waals surface area contributed by atoms with Crippen LogP contribution in [-0.2, 0) is 0 Å². The third-order valence-electron chi connectivity index (χ3n) is 5.21. The highest BCUT2D eigenvalue weighted by Crippen LogP contribution is 2.21. The van der Waals surface area contributed by atoms with Crippen molar-refractivity contribution in [1.29, 1.82) is 0 Å². The van der Waals surface area contributed by atoms with Crippen molar-refractivity contribution in [3.8, 4) is 0 Å². The number of nitrogens with one attached hydrogen (secondary N) is 1. The van der Waals surface area contributed by atoms with Crippen LogP contribution in [0.2, 0.25) is 0 Å². The molecule has 2 saturated heterocycles. The Hall–Kier alpha value is -0.0400. The molecule has 0 spiro atoms. The fraction of sp³-hybridized carbons (Fsp3) is 0.944. The fourth-order valence-electron chi connectivity index (χ4n) is 4.14. The zero-order valence-corrected chi connectivity index (χ0v) is 18.0. The van der Waals surface area contributed by atoms with Gasteiger partial charge in [0.1, 0.15) is 0 Å². The van der Waals surface area contributed by atoms with Crippen LogP contribution in [0, 0.1) is 17.8 Å². The molecule has 0 bridgehead atoms. The first-order valence-corrected chi connectivity index (χ1v) is 9.19. The van der Waals surface area contributed by atoms with E-state index in [1.807, 2.05) is 7.05 Å². The molecule has 2 heterocycles. The number of halogens is 1. The molecule has 2 aliphatic heterocycles. The summed E-state index contributed by atoms with van der Waals surface area (Å²) in [7, 11) is 1.92. The van der Waals surface area contributed by atoms with Gasteiger partial charge in [-0.15, -0.1) is 24.0 Å². The number of aliphatic imine (C=N–C) groups is 1. The summed E-state index contributed by atoms with van der Waals surface area (Å²) in [5.41, 5.74) is 0. The van der Waals surface area contributed by atoms with Crippen molar-refractivity contribution in [2.75, 3.05) is 39.8 Å². The minimum atomic E-state index is 0. The molecular formula is C18H37IN4. The van der Waals surface area contributed by atoms with Gasteiger partial charge in [-0.25, -0.2) is 0 Å². The van der Waals surface area contributed by atoms with Crippen molar-refractivity contribution < 1.29 is 0 Å². The second-order valence-electron chi connectivity index (χ2n) is 7.88. The van der Waals surface area contributed by atoms with Gasteiger partial charge in [0.05, 0.1) is 0 Å². The van der Waals surface area contributed by atoms with Gasteiger partial charge in [0.2, 0.25) is 0 Å². The van der Waals surface area contributed by atoms with Crippen molar-refractivity contribution in [1.82, 2.24) is 15.1 Å². The van der Waals surface area contributed by atoms with Crippen molar-refractivity contribution in [2.45, 2.75) is 53.0 Å². The maximum atomic E-state index is 4.54. The lowest BCUT2D eigenvalue weighted by Gasteiger charge is -2.39. The second-order valence-corrected chi connectivity index (χ2v) is 7.88. The lowest BCUT2D eigenvalue weighted by atomic mass is 9.92. The fourth-order valence-corrected chi connectivity index (χ4v) is 4.14. The van der Waals surface area contributed by atoms with E-state index in [-0.39, 0.29) is 24.0 Å². The Balaban J connectivity index is 0.00000264. The lowest BCUT2D eigenvalue weighted by Crippen LogP contribution is -2.50. The van der Waals surface area contributed by atoms with E-state index in [1.165, 1.54) is 32.4 Å². The third-order valence-corrected chi connectivity index (χ3v) is 5.21. The molecule has 5 heteroatoms. The van der Waals surface area contributed by atoms with E-state index < -0.39 is 0 Å². The maximum absolute atomic E-state index is 4.54. The molecule has 4 nitrogen and oxygen atoms in total. The molecule has 0 amide bonds. The van der Waals surface area contributed by atoms with E-state index in [9.17, 15) is 0 Å². The molecule has 136 valence electrons. The summed E-state index contributed by atoms with van der Waals surface area (Å²) in [5.74, 6) is 3.41. The van der Waals surface area contributed by atoms with Crippen LogP contribution >= 0.6 is 24.0 Å². The van der Waals surface area contributed by atoms with Gasteiger partial charge < -0.3 is 15.1 Å². The zero-order valence-electron chi connectivity index (χ0n) is 15.7. The molecule has 0 radical (unpaired) electrons. The normalized spacial score (nSPS) is 30.3. The van der Waals surface area contributed by atoms with Crippen molar-refractivity contribution in [2.24, 2.45) is 22.7 Å².